The van der Waals surface area contributed by atoms with Gasteiger partial charge in [-0.3, -0.25) is 0 Å². The number of furan rings is 1. The largest absolute Gasteiger partial charge is 0.467 e. The maximum Gasteiger partial charge on any atom is 0.145 e. The Kier molecular flexibility index (Phi) is 3.97. The van der Waals surface area contributed by atoms with Crippen molar-refractivity contribution in [2.75, 3.05) is 6.54 Å². The minimum absolute atomic E-state index is 0.258. The van der Waals surface area contributed by atoms with Crippen molar-refractivity contribution in [2.24, 2.45) is 0 Å². The van der Waals surface area contributed by atoms with E-state index in [9.17, 15) is 4.39 Å². The highest BCUT2D eigenvalue weighted by molar-refractivity contribution is 9.10. The molecule has 0 spiro atoms. The molecular formula is C13H13BrFNO. The predicted molar refractivity (Wildman–Crippen MR) is 69.2 cm³/mol. The van der Waals surface area contributed by atoms with Crippen LogP contribution in [0.2, 0.25) is 0 Å². The lowest BCUT2D eigenvalue weighted by atomic mass is 10.1. The Morgan fingerprint density at radius 3 is 2.88 bits per heavy atom. The van der Waals surface area contributed by atoms with Crippen molar-refractivity contribution in [2.45, 2.75) is 13.5 Å². The molecule has 2 aromatic rings. The zero-order valence-corrected chi connectivity index (χ0v) is 11.1. The molecule has 0 radical (unpaired) electrons. The molecule has 0 aliphatic carbocycles. The average Bonchev–Trinajstić information content (AvgIpc) is 2.78. The SMILES string of the molecule is CCNCc1occc1-c1cccc(Br)c1F. The van der Waals surface area contributed by atoms with Crippen LogP contribution in [0.25, 0.3) is 11.1 Å². The molecule has 0 unspecified atom stereocenters. The lowest BCUT2D eigenvalue weighted by Crippen LogP contribution is -2.11. The van der Waals surface area contributed by atoms with Crippen molar-refractivity contribution in [1.29, 1.82) is 0 Å². The maximum absolute atomic E-state index is 14.0. The third kappa shape index (κ3) is 2.58. The molecule has 4 heteroatoms. The Bertz CT molecular complexity index is 510. The molecule has 17 heavy (non-hydrogen) atoms. The van der Waals surface area contributed by atoms with Crippen LogP contribution in [0.15, 0.2) is 39.4 Å². The number of benzene rings is 1. The van der Waals surface area contributed by atoms with E-state index in [2.05, 4.69) is 21.2 Å². The third-order valence-electron chi connectivity index (χ3n) is 2.52. The summed E-state index contributed by atoms with van der Waals surface area (Å²) in [6.45, 7) is 3.47. The molecule has 0 atom stereocenters. The van der Waals surface area contributed by atoms with Crippen LogP contribution in [0.1, 0.15) is 12.7 Å². The van der Waals surface area contributed by atoms with E-state index in [-0.39, 0.29) is 5.82 Å². The molecular weight excluding hydrogens is 285 g/mol. The van der Waals surface area contributed by atoms with Crippen LogP contribution in [-0.2, 0) is 6.54 Å². The van der Waals surface area contributed by atoms with E-state index in [4.69, 9.17) is 4.42 Å². The molecule has 0 amide bonds. The van der Waals surface area contributed by atoms with Gasteiger partial charge in [-0.2, -0.15) is 0 Å². The monoisotopic (exact) mass is 297 g/mol. The second kappa shape index (κ2) is 5.47. The van der Waals surface area contributed by atoms with Gasteiger partial charge in [-0.15, -0.1) is 0 Å². The number of halogens is 2. The van der Waals surface area contributed by atoms with Crippen molar-refractivity contribution < 1.29 is 8.81 Å². The molecule has 1 aromatic heterocycles. The van der Waals surface area contributed by atoms with Crippen LogP contribution in [-0.4, -0.2) is 6.54 Å². The number of hydrogen-bond acceptors (Lipinski definition) is 2. The average molecular weight is 298 g/mol. The van der Waals surface area contributed by atoms with Gasteiger partial charge in [-0.05, 0) is 34.6 Å². The van der Waals surface area contributed by atoms with Crippen molar-refractivity contribution in [3.05, 3.63) is 46.6 Å². The summed E-state index contributed by atoms with van der Waals surface area (Å²) in [7, 11) is 0. The van der Waals surface area contributed by atoms with Gasteiger partial charge < -0.3 is 9.73 Å². The van der Waals surface area contributed by atoms with Crippen LogP contribution in [0.5, 0.6) is 0 Å². The molecule has 1 heterocycles. The highest BCUT2D eigenvalue weighted by atomic mass is 79.9. The first-order valence-corrected chi connectivity index (χ1v) is 6.24. The first-order chi connectivity index (χ1) is 8.24. The summed E-state index contributed by atoms with van der Waals surface area (Å²) in [6.07, 6.45) is 1.59. The molecule has 1 aromatic carbocycles. The molecule has 1 N–H and O–H groups in total. The van der Waals surface area contributed by atoms with Crippen LogP contribution >= 0.6 is 15.9 Å². The van der Waals surface area contributed by atoms with Gasteiger partial charge in [0.15, 0.2) is 0 Å². The molecule has 0 fully saturated rings. The van der Waals surface area contributed by atoms with Gasteiger partial charge in [-0.1, -0.05) is 19.1 Å². The van der Waals surface area contributed by atoms with Crippen molar-refractivity contribution in [3.63, 3.8) is 0 Å². The maximum atomic E-state index is 14.0. The fourth-order valence-corrected chi connectivity index (χ4v) is 2.03. The second-order valence-corrected chi connectivity index (χ2v) is 4.49. The van der Waals surface area contributed by atoms with Crippen LogP contribution in [0.3, 0.4) is 0 Å². The van der Waals surface area contributed by atoms with Gasteiger partial charge in [0, 0.05) is 11.1 Å². The summed E-state index contributed by atoms with van der Waals surface area (Å²) < 4.78 is 19.8. The fraction of sp³-hybridized carbons (Fsp3) is 0.231. The Morgan fingerprint density at radius 2 is 2.12 bits per heavy atom. The van der Waals surface area contributed by atoms with Gasteiger partial charge in [0.05, 0.1) is 17.3 Å². The summed E-state index contributed by atoms with van der Waals surface area (Å²) >= 11 is 3.19. The Balaban J connectivity index is 2.39. The van der Waals surface area contributed by atoms with Crippen LogP contribution in [0, 0.1) is 5.82 Å². The third-order valence-corrected chi connectivity index (χ3v) is 3.14. The van der Waals surface area contributed by atoms with Crippen molar-refractivity contribution in [1.82, 2.24) is 5.32 Å². The molecule has 0 saturated heterocycles. The lowest BCUT2D eigenvalue weighted by Gasteiger charge is -2.05. The predicted octanol–water partition coefficient (Wildman–Crippen LogP) is 3.96. The minimum atomic E-state index is -0.258. The van der Waals surface area contributed by atoms with Gasteiger partial charge >= 0.3 is 0 Å². The highest BCUT2D eigenvalue weighted by Gasteiger charge is 2.13. The van der Waals surface area contributed by atoms with E-state index >= 15 is 0 Å². The normalized spacial score (nSPS) is 10.8. The van der Waals surface area contributed by atoms with E-state index in [0.29, 0.717) is 16.6 Å². The number of rotatable bonds is 4. The summed E-state index contributed by atoms with van der Waals surface area (Å²) in [6, 6.07) is 7.04. The minimum Gasteiger partial charge on any atom is -0.467 e. The molecule has 2 rings (SSSR count). The van der Waals surface area contributed by atoms with Gasteiger partial charge in [0.2, 0.25) is 0 Å². The fourth-order valence-electron chi connectivity index (χ4n) is 1.67. The van der Waals surface area contributed by atoms with Crippen LogP contribution in [0.4, 0.5) is 4.39 Å². The Hall–Kier alpha value is -1.13. The standard InChI is InChI=1S/C13H13BrFNO/c1-2-16-8-12-9(6-7-17-12)10-4-3-5-11(14)13(10)15/h3-7,16H,2,8H2,1H3. The summed E-state index contributed by atoms with van der Waals surface area (Å²) in [5.74, 6) is 0.496. The summed E-state index contributed by atoms with van der Waals surface area (Å²) in [5.41, 5.74) is 1.35. The first-order valence-electron chi connectivity index (χ1n) is 5.45. The van der Waals surface area contributed by atoms with E-state index in [1.54, 1.807) is 24.5 Å². The smallest absolute Gasteiger partial charge is 0.145 e. The van der Waals surface area contributed by atoms with E-state index in [1.807, 2.05) is 13.0 Å². The van der Waals surface area contributed by atoms with Gasteiger partial charge in [0.1, 0.15) is 11.6 Å². The number of nitrogens with one attached hydrogen (secondary N) is 1. The molecule has 0 aliphatic heterocycles. The summed E-state index contributed by atoms with van der Waals surface area (Å²) in [5, 5.41) is 3.17. The van der Waals surface area contributed by atoms with Gasteiger partial charge in [0.25, 0.3) is 0 Å². The number of hydrogen-bond donors (Lipinski definition) is 1. The molecule has 0 saturated carbocycles. The van der Waals surface area contributed by atoms with E-state index < -0.39 is 0 Å². The first kappa shape index (κ1) is 12.3. The zero-order chi connectivity index (χ0) is 12.3. The topological polar surface area (TPSA) is 25.2 Å². The second-order valence-electron chi connectivity index (χ2n) is 3.64. The van der Waals surface area contributed by atoms with Crippen molar-refractivity contribution >= 4 is 15.9 Å². The van der Waals surface area contributed by atoms with Gasteiger partial charge in [-0.25, -0.2) is 4.39 Å². The summed E-state index contributed by atoms with van der Waals surface area (Å²) in [4.78, 5) is 0. The molecule has 2 nitrogen and oxygen atoms in total. The lowest BCUT2D eigenvalue weighted by molar-refractivity contribution is 0.488. The Labute approximate surface area is 108 Å². The van der Waals surface area contributed by atoms with Crippen LogP contribution < -0.4 is 5.32 Å². The zero-order valence-electron chi connectivity index (χ0n) is 9.47. The van der Waals surface area contributed by atoms with E-state index in [0.717, 1.165) is 17.9 Å². The molecule has 0 aliphatic rings. The highest BCUT2D eigenvalue weighted by Crippen LogP contribution is 2.30. The molecule has 90 valence electrons. The quantitative estimate of drug-likeness (QED) is 0.924. The van der Waals surface area contributed by atoms with E-state index in [1.165, 1.54) is 0 Å². The Morgan fingerprint density at radius 1 is 1.29 bits per heavy atom. The van der Waals surface area contributed by atoms with Crippen molar-refractivity contribution in [3.8, 4) is 11.1 Å². The molecule has 0 bridgehead atoms.